The fraction of sp³-hybridized carbons (Fsp3) is 0.576. The molecule has 7 rings (SSSR count). The van der Waals surface area contributed by atoms with E-state index >= 15 is 13.2 Å². The third-order valence-electron chi connectivity index (χ3n) is 9.85. The Labute approximate surface area is 254 Å². The van der Waals surface area contributed by atoms with Crippen LogP contribution in [0.1, 0.15) is 92.9 Å². The number of nitriles is 1. The van der Waals surface area contributed by atoms with Crippen molar-refractivity contribution < 1.29 is 17.6 Å². The van der Waals surface area contributed by atoms with Crippen molar-refractivity contribution in [3.05, 3.63) is 63.0 Å². The highest BCUT2D eigenvalue weighted by Crippen LogP contribution is 2.47. The fourth-order valence-electron chi connectivity index (χ4n) is 7.00. The third kappa shape index (κ3) is 5.35. The summed E-state index contributed by atoms with van der Waals surface area (Å²) in [5.41, 5.74) is -1.43. The van der Waals surface area contributed by atoms with Gasteiger partial charge in [0.2, 0.25) is 0 Å². The van der Waals surface area contributed by atoms with Crippen LogP contribution in [0, 0.1) is 30.0 Å². The van der Waals surface area contributed by atoms with Gasteiger partial charge in [-0.15, -0.1) is 0 Å². The van der Waals surface area contributed by atoms with Crippen LogP contribution in [0.25, 0.3) is 11.0 Å². The Hall–Kier alpha value is -3.52. The lowest BCUT2D eigenvalue weighted by molar-refractivity contribution is -0.0880. The van der Waals surface area contributed by atoms with Gasteiger partial charge in [0.15, 0.2) is 0 Å². The number of nitrogens with zero attached hydrogens (tertiary/aromatic N) is 5. The van der Waals surface area contributed by atoms with Crippen molar-refractivity contribution in [3.8, 4) is 6.07 Å². The molecule has 0 amide bonds. The van der Waals surface area contributed by atoms with Gasteiger partial charge in [0.25, 0.3) is 11.5 Å². The summed E-state index contributed by atoms with van der Waals surface area (Å²) in [6.07, 6.45) is 4.26. The molecule has 11 heteroatoms. The van der Waals surface area contributed by atoms with Crippen LogP contribution in [0.15, 0.2) is 29.1 Å². The quantitative estimate of drug-likeness (QED) is 0.319. The van der Waals surface area contributed by atoms with Gasteiger partial charge in [0.05, 0.1) is 34.5 Å². The Morgan fingerprint density at radius 3 is 2.50 bits per heavy atom. The van der Waals surface area contributed by atoms with E-state index in [-0.39, 0.29) is 35.4 Å². The average molecular weight is 611 g/mol. The fourth-order valence-corrected chi connectivity index (χ4v) is 7.00. The number of aromatic nitrogens is 3. The van der Waals surface area contributed by atoms with Crippen LogP contribution in [0.3, 0.4) is 0 Å². The topological polar surface area (TPSA) is 86.8 Å². The lowest BCUT2D eigenvalue weighted by Crippen LogP contribution is -2.40. The predicted molar refractivity (Wildman–Crippen MR) is 160 cm³/mol. The van der Waals surface area contributed by atoms with Gasteiger partial charge in [-0.1, -0.05) is 31.0 Å². The van der Waals surface area contributed by atoms with E-state index in [0.29, 0.717) is 50.0 Å². The van der Waals surface area contributed by atoms with Crippen molar-refractivity contribution >= 4 is 16.9 Å². The highest BCUT2D eigenvalue weighted by Gasteiger charge is 2.48. The summed E-state index contributed by atoms with van der Waals surface area (Å²) >= 11 is 0. The second kappa shape index (κ2) is 11.8. The first-order chi connectivity index (χ1) is 21.1. The zero-order chi connectivity index (χ0) is 31.2. The normalized spacial score (nSPS) is 26.6. The maximum atomic E-state index is 16.0. The summed E-state index contributed by atoms with van der Waals surface area (Å²) in [6.45, 7) is 4.29. The summed E-state index contributed by atoms with van der Waals surface area (Å²) < 4.78 is 63.8. The molecule has 2 fully saturated rings. The average Bonchev–Trinajstić information content (AvgIpc) is 3.80. The Morgan fingerprint density at radius 2 is 1.82 bits per heavy atom. The molecule has 0 spiro atoms. The SMILES string of the molecule is Cc1nc2c3cc(C4(C#N)CC4)c(=O)n(c3n1)C(CF)CCCCCN1CCC(CC1)C(F)(F)c1cccc(c1F)[C@@H](C)N2. The zero-order valence-corrected chi connectivity index (χ0v) is 25.2. The summed E-state index contributed by atoms with van der Waals surface area (Å²) in [5, 5.41) is 13.6. The number of benzene rings is 1. The van der Waals surface area contributed by atoms with Crippen molar-refractivity contribution in [2.24, 2.45) is 5.92 Å². The monoisotopic (exact) mass is 610 g/mol. The molecule has 7 nitrogen and oxygen atoms in total. The molecule has 234 valence electrons. The second-order valence-electron chi connectivity index (χ2n) is 12.8. The van der Waals surface area contributed by atoms with Gasteiger partial charge in [0.1, 0.15) is 29.8 Å². The molecule has 1 N–H and O–H groups in total. The van der Waals surface area contributed by atoms with Crippen LogP contribution in [0.5, 0.6) is 0 Å². The van der Waals surface area contributed by atoms with Gasteiger partial charge in [-0.05, 0) is 78.1 Å². The van der Waals surface area contributed by atoms with Gasteiger partial charge >= 0.3 is 0 Å². The summed E-state index contributed by atoms with van der Waals surface area (Å²) in [5.74, 6) is -4.67. The lowest BCUT2D eigenvalue weighted by atomic mass is 9.85. The summed E-state index contributed by atoms with van der Waals surface area (Å²) in [7, 11) is 0. The number of nitrogens with one attached hydrogen (secondary N) is 1. The van der Waals surface area contributed by atoms with Crippen molar-refractivity contribution in [2.45, 2.75) is 88.6 Å². The van der Waals surface area contributed by atoms with E-state index in [9.17, 15) is 14.4 Å². The maximum Gasteiger partial charge on any atom is 0.278 e. The van der Waals surface area contributed by atoms with E-state index < -0.39 is 53.0 Å². The van der Waals surface area contributed by atoms with E-state index in [1.165, 1.54) is 22.8 Å². The first kappa shape index (κ1) is 30.5. The van der Waals surface area contributed by atoms with Gasteiger partial charge < -0.3 is 10.2 Å². The van der Waals surface area contributed by atoms with Crippen LogP contribution < -0.4 is 10.9 Å². The highest BCUT2D eigenvalue weighted by atomic mass is 19.3. The number of anilines is 1. The van der Waals surface area contributed by atoms with Crippen LogP contribution in [0.4, 0.5) is 23.4 Å². The van der Waals surface area contributed by atoms with Gasteiger partial charge in [-0.3, -0.25) is 9.36 Å². The summed E-state index contributed by atoms with van der Waals surface area (Å²) in [6, 6.07) is 6.42. The van der Waals surface area contributed by atoms with Crippen molar-refractivity contribution in [1.82, 2.24) is 19.4 Å². The molecule has 1 saturated heterocycles. The number of rotatable bonds is 2. The number of alkyl halides is 3. The molecule has 5 heterocycles. The minimum atomic E-state index is -3.33. The Bertz CT molecular complexity index is 1650. The molecule has 1 aliphatic carbocycles. The van der Waals surface area contributed by atoms with Crippen LogP contribution >= 0.6 is 0 Å². The largest absolute Gasteiger partial charge is 0.363 e. The Morgan fingerprint density at radius 1 is 1.07 bits per heavy atom. The van der Waals surface area contributed by atoms with Crippen LogP contribution in [-0.4, -0.2) is 45.7 Å². The molecule has 3 aliphatic heterocycles. The van der Waals surface area contributed by atoms with Gasteiger partial charge in [0, 0.05) is 17.0 Å². The van der Waals surface area contributed by atoms with Crippen molar-refractivity contribution in [2.75, 3.05) is 31.6 Å². The first-order valence-corrected chi connectivity index (χ1v) is 15.7. The molecule has 1 unspecified atom stereocenters. The van der Waals surface area contributed by atoms with Crippen LogP contribution in [-0.2, 0) is 11.3 Å². The van der Waals surface area contributed by atoms with Crippen LogP contribution in [0.2, 0.25) is 0 Å². The molecule has 3 aromatic rings. The Balaban J connectivity index is 1.51. The van der Waals surface area contributed by atoms with Gasteiger partial charge in [-0.2, -0.15) is 5.26 Å². The second-order valence-corrected chi connectivity index (χ2v) is 12.8. The van der Waals surface area contributed by atoms with E-state index in [1.54, 1.807) is 19.9 Å². The number of halogens is 4. The number of hydrogen-bond acceptors (Lipinski definition) is 6. The lowest BCUT2D eigenvalue weighted by Gasteiger charge is -2.36. The standard InChI is InChI=1S/C33H38F4N6O/c1-20-24-8-6-9-26(28(24)35)33(36,37)22-10-15-42(16-11-22)14-5-3-4-7-23(18-34)43-30-25(29(39-20)40-21(2)41-30)17-27(31(43)44)32(19-38)12-13-32/h6,8-9,17,20,22-23H,3-5,7,10-16,18H2,1-2H3,(H,39,40,41)/t20-,23?/m1/s1. The van der Waals surface area contributed by atoms with Gasteiger partial charge in [-0.25, -0.2) is 27.5 Å². The highest BCUT2D eigenvalue weighted by molar-refractivity contribution is 5.88. The number of piperidine rings is 1. The summed E-state index contributed by atoms with van der Waals surface area (Å²) in [4.78, 5) is 25.3. The first-order valence-electron chi connectivity index (χ1n) is 15.7. The molecular weight excluding hydrogens is 572 g/mol. The third-order valence-corrected chi connectivity index (χ3v) is 9.85. The zero-order valence-electron chi connectivity index (χ0n) is 25.2. The minimum Gasteiger partial charge on any atom is -0.363 e. The molecule has 2 aromatic heterocycles. The van der Waals surface area contributed by atoms with Crippen molar-refractivity contribution in [3.63, 3.8) is 0 Å². The molecule has 1 saturated carbocycles. The molecule has 0 radical (unpaired) electrons. The van der Waals surface area contributed by atoms with E-state index in [2.05, 4.69) is 26.3 Å². The van der Waals surface area contributed by atoms with E-state index in [4.69, 9.17) is 0 Å². The molecule has 2 atom stereocenters. The molecule has 4 aliphatic rings. The number of aryl methyl sites for hydroxylation is 1. The number of pyridine rings is 1. The number of hydrogen-bond donors (Lipinski definition) is 1. The molecule has 8 bridgehead atoms. The number of fused-ring (bicyclic) bond motifs is 8. The van der Waals surface area contributed by atoms with Crippen molar-refractivity contribution in [1.29, 1.82) is 5.26 Å². The minimum absolute atomic E-state index is 0.0595. The molecule has 1 aromatic carbocycles. The molecular formula is C33H38F4N6O. The molecule has 44 heavy (non-hydrogen) atoms. The maximum absolute atomic E-state index is 16.0. The van der Waals surface area contributed by atoms with E-state index in [0.717, 1.165) is 19.4 Å². The van der Waals surface area contributed by atoms with E-state index in [1.807, 2.05) is 0 Å². The predicted octanol–water partition coefficient (Wildman–Crippen LogP) is 6.86. The Kier molecular flexibility index (Phi) is 8.16. The smallest absolute Gasteiger partial charge is 0.278 e.